The van der Waals surface area contributed by atoms with E-state index in [0.29, 0.717) is 25.7 Å². The summed E-state index contributed by atoms with van der Waals surface area (Å²) in [6, 6.07) is 13.5. The summed E-state index contributed by atoms with van der Waals surface area (Å²) in [5, 5.41) is 6.56. The summed E-state index contributed by atoms with van der Waals surface area (Å²) >= 11 is 0. The van der Waals surface area contributed by atoms with Gasteiger partial charge in [0.15, 0.2) is 5.96 Å². The molecule has 0 radical (unpaired) electrons. The average molecular weight is 515 g/mol. The molecular formula is C21H30IN3O4. The van der Waals surface area contributed by atoms with Gasteiger partial charge in [-0.3, -0.25) is 4.99 Å². The minimum absolute atomic E-state index is 0. The van der Waals surface area contributed by atoms with E-state index in [0.717, 1.165) is 34.9 Å². The third-order valence-electron chi connectivity index (χ3n) is 4.02. The first-order chi connectivity index (χ1) is 13.7. The standard InChI is InChI=1S/C21H29N3O4.HI/c1-22-21(23-15-16-9-10-18(26-3)14-20(16)27-4)24-17-7-5-8-19(13-17)28-12-6-11-25-2;/h5,7-10,13-14H,6,11-12,15H2,1-4H3,(H2,22,23,24);1H. The average Bonchev–Trinajstić information content (AvgIpc) is 2.74. The van der Waals surface area contributed by atoms with Crippen LogP contribution in [0.3, 0.4) is 0 Å². The number of ether oxygens (including phenoxy) is 4. The molecule has 2 rings (SSSR count). The monoisotopic (exact) mass is 515 g/mol. The smallest absolute Gasteiger partial charge is 0.195 e. The Kier molecular flexibility index (Phi) is 11.9. The van der Waals surface area contributed by atoms with Crippen molar-refractivity contribution in [2.75, 3.05) is 46.9 Å². The van der Waals surface area contributed by atoms with Crippen LogP contribution in [0.25, 0.3) is 0 Å². The van der Waals surface area contributed by atoms with Gasteiger partial charge in [-0.25, -0.2) is 0 Å². The summed E-state index contributed by atoms with van der Waals surface area (Å²) in [6.45, 7) is 1.85. The van der Waals surface area contributed by atoms with Gasteiger partial charge in [0.1, 0.15) is 17.2 Å². The summed E-state index contributed by atoms with van der Waals surface area (Å²) < 4.78 is 21.4. The van der Waals surface area contributed by atoms with Crippen LogP contribution in [-0.2, 0) is 11.3 Å². The Balaban J connectivity index is 0.00000420. The molecule has 0 unspecified atom stereocenters. The lowest BCUT2D eigenvalue weighted by Gasteiger charge is -2.15. The van der Waals surface area contributed by atoms with Crippen molar-refractivity contribution < 1.29 is 18.9 Å². The number of hydrogen-bond donors (Lipinski definition) is 2. The number of nitrogens with one attached hydrogen (secondary N) is 2. The summed E-state index contributed by atoms with van der Waals surface area (Å²) in [5.74, 6) is 2.96. The molecular weight excluding hydrogens is 485 g/mol. The maximum absolute atomic E-state index is 5.74. The summed E-state index contributed by atoms with van der Waals surface area (Å²) in [6.07, 6.45) is 0.848. The lowest BCUT2D eigenvalue weighted by molar-refractivity contribution is 0.172. The Labute approximate surface area is 189 Å². The molecule has 160 valence electrons. The third-order valence-corrected chi connectivity index (χ3v) is 4.02. The van der Waals surface area contributed by atoms with Gasteiger partial charge in [0, 0.05) is 57.1 Å². The fourth-order valence-corrected chi connectivity index (χ4v) is 2.55. The Morgan fingerprint density at radius 1 is 0.966 bits per heavy atom. The molecule has 2 aromatic rings. The van der Waals surface area contributed by atoms with E-state index in [4.69, 9.17) is 18.9 Å². The molecule has 0 atom stereocenters. The van der Waals surface area contributed by atoms with Crippen LogP contribution in [-0.4, -0.2) is 47.6 Å². The second-order valence-corrected chi connectivity index (χ2v) is 5.95. The number of benzene rings is 2. The molecule has 0 saturated carbocycles. The summed E-state index contributed by atoms with van der Waals surface area (Å²) in [5.41, 5.74) is 1.89. The molecule has 0 saturated heterocycles. The lowest BCUT2D eigenvalue weighted by Crippen LogP contribution is -2.30. The lowest BCUT2D eigenvalue weighted by atomic mass is 10.2. The predicted octanol–water partition coefficient (Wildman–Crippen LogP) is 3.92. The van der Waals surface area contributed by atoms with Gasteiger partial charge in [0.2, 0.25) is 0 Å². The number of halogens is 1. The van der Waals surface area contributed by atoms with Crippen molar-refractivity contribution in [2.45, 2.75) is 13.0 Å². The molecule has 0 spiro atoms. The molecule has 0 aliphatic rings. The van der Waals surface area contributed by atoms with Crippen LogP contribution in [0.1, 0.15) is 12.0 Å². The molecule has 0 heterocycles. The quantitative estimate of drug-likeness (QED) is 0.216. The van der Waals surface area contributed by atoms with Gasteiger partial charge in [-0.15, -0.1) is 24.0 Å². The molecule has 0 amide bonds. The fraction of sp³-hybridized carbons (Fsp3) is 0.381. The van der Waals surface area contributed by atoms with Crippen molar-refractivity contribution in [1.82, 2.24) is 5.32 Å². The Bertz CT molecular complexity index is 771. The summed E-state index contributed by atoms with van der Waals surface area (Å²) in [7, 11) is 6.69. The third kappa shape index (κ3) is 8.36. The Hall–Kier alpha value is -2.20. The predicted molar refractivity (Wildman–Crippen MR) is 127 cm³/mol. The molecule has 2 N–H and O–H groups in total. The van der Waals surface area contributed by atoms with Gasteiger partial charge in [0.25, 0.3) is 0 Å². The SMILES string of the molecule is CN=C(NCc1ccc(OC)cc1OC)Nc1cccc(OCCCOC)c1.I. The maximum Gasteiger partial charge on any atom is 0.195 e. The van der Waals surface area contributed by atoms with E-state index in [1.54, 1.807) is 28.4 Å². The van der Waals surface area contributed by atoms with Crippen LogP contribution in [0, 0.1) is 0 Å². The highest BCUT2D eigenvalue weighted by Crippen LogP contribution is 2.24. The second kappa shape index (κ2) is 13.9. The van der Waals surface area contributed by atoms with Gasteiger partial charge in [-0.1, -0.05) is 6.07 Å². The van der Waals surface area contributed by atoms with Crippen molar-refractivity contribution >= 4 is 35.6 Å². The van der Waals surface area contributed by atoms with Gasteiger partial charge >= 0.3 is 0 Å². The van der Waals surface area contributed by atoms with Crippen molar-refractivity contribution in [3.05, 3.63) is 48.0 Å². The van der Waals surface area contributed by atoms with Gasteiger partial charge in [0.05, 0.1) is 20.8 Å². The summed E-state index contributed by atoms with van der Waals surface area (Å²) in [4.78, 5) is 4.28. The van der Waals surface area contributed by atoms with Crippen molar-refractivity contribution in [3.63, 3.8) is 0 Å². The van der Waals surface area contributed by atoms with Gasteiger partial charge in [-0.05, 0) is 24.3 Å². The van der Waals surface area contributed by atoms with E-state index in [9.17, 15) is 0 Å². The first kappa shape index (κ1) is 24.8. The van der Waals surface area contributed by atoms with Crippen LogP contribution in [0.15, 0.2) is 47.5 Å². The minimum atomic E-state index is 0. The molecule has 7 nitrogen and oxygen atoms in total. The topological polar surface area (TPSA) is 73.3 Å². The first-order valence-corrected chi connectivity index (χ1v) is 9.10. The van der Waals surface area contributed by atoms with Crippen molar-refractivity contribution in [3.8, 4) is 17.2 Å². The molecule has 0 bridgehead atoms. The van der Waals surface area contributed by atoms with Gasteiger partial charge < -0.3 is 29.6 Å². The first-order valence-electron chi connectivity index (χ1n) is 9.10. The minimum Gasteiger partial charge on any atom is -0.497 e. The van der Waals surface area contributed by atoms with Crippen molar-refractivity contribution in [1.29, 1.82) is 0 Å². The van der Waals surface area contributed by atoms with Crippen LogP contribution in [0.5, 0.6) is 17.2 Å². The normalized spacial score (nSPS) is 10.7. The molecule has 8 heteroatoms. The van der Waals surface area contributed by atoms with E-state index in [1.165, 1.54) is 0 Å². The van der Waals surface area contributed by atoms with Crippen molar-refractivity contribution in [2.24, 2.45) is 4.99 Å². The number of aliphatic imine (C=N–C) groups is 1. The van der Waals surface area contributed by atoms with E-state index in [2.05, 4.69) is 15.6 Å². The molecule has 0 aliphatic heterocycles. The molecule has 2 aromatic carbocycles. The number of guanidine groups is 1. The number of methoxy groups -OCH3 is 3. The Morgan fingerprint density at radius 2 is 1.79 bits per heavy atom. The van der Waals surface area contributed by atoms with E-state index >= 15 is 0 Å². The number of anilines is 1. The Morgan fingerprint density at radius 3 is 2.48 bits per heavy atom. The molecule has 0 aliphatic carbocycles. The highest BCUT2D eigenvalue weighted by atomic mass is 127. The van der Waals surface area contributed by atoms with Crippen LogP contribution in [0.2, 0.25) is 0 Å². The fourth-order valence-electron chi connectivity index (χ4n) is 2.55. The van der Waals surface area contributed by atoms with E-state index in [-0.39, 0.29) is 24.0 Å². The van der Waals surface area contributed by atoms with E-state index in [1.807, 2.05) is 42.5 Å². The molecule has 0 fully saturated rings. The van der Waals surface area contributed by atoms with Crippen LogP contribution >= 0.6 is 24.0 Å². The van der Waals surface area contributed by atoms with Gasteiger partial charge in [-0.2, -0.15) is 0 Å². The van der Waals surface area contributed by atoms with E-state index < -0.39 is 0 Å². The van der Waals surface area contributed by atoms with Crippen LogP contribution < -0.4 is 24.8 Å². The zero-order valence-corrected chi connectivity index (χ0v) is 19.7. The molecule has 29 heavy (non-hydrogen) atoms. The highest BCUT2D eigenvalue weighted by molar-refractivity contribution is 14.0. The number of rotatable bonds is 10. The maximum atomic E-state index is 5.74. The zero-order valence-electron chi connectivity index (χ0n) is 17.4. The number of hydrogen-bond acceptors (Lipinski definition) is 5. The number of nitrogens with zero attached hydrogens (tertiary/aromatic N) is 1. The zero-order chi connectivity index (χ0) is 20.2. The largest absolute Gasteiger partial charge is 0.497 e. The molecule has 0 aromatic heterocycles. The second-order valence-electron chi connectivity index (χ2n) is 5.95. The highest BCUT2D eigenvalue weighted by Gasteiger charge is 2.07. The van der Waals surface area contributed by atoms with Crippen LogP contribution in [0.4, 0.5) is 5.69 Å².